The first kappa shape index (κ1) is 18.7. The number of likely N-dealkylation sites (tertiary alicyclic amines) is 2. The number of aliphatic hydroxyl groups is 1. The molecular formula is C21H31BrN2O2. The normalized spacial score (nSPS) is 30.7. The fourth-order valence-electron chi connectivity index (χ4n) is 4.92. The summed E-state index contributed by atoms with van der Waals surface area (Å²) in [6.07, 6.45) is 7.11. The quantitative estimate of drug-likeness (QED) is 0.800. The minimum atomic E-state index is -0.511. The highest BCUT2D eigenvalue weighted by Gasteiger charge is 2.49. The molecule has 1 N–H and O–H groups in total. The van der Waals surface area contributed by atoms with Gasteiger partial charge in [0.1, 0.15) is 18.5 Å². The Hall–Kier alpha value is -0.620. The third kappa shape index (κ3) is 3.44. The Labute approximate surface area is 165 Å². The molecule has 3 aliphatic rings. The van der Waals surface area contributed by atoms with Crippen LogP contribution in [0, 0.1) is 6.92 Å². The van der Waals surface area contributed by atoms with Crippen LogP contribution in [0.25, 0.3) is 0 Å². The van der Waals surface area contributed by atoms with Crippen molar-refractivity contribution in [3.8, 4) is 5.75 Å². The molecular weight excluding hydrogens is 392 g/mol. The summed E-state index contributed by atoms with van der Waals surface area (Å²) in [6.45, 7) is 7.98. The molecule has 1 aromatic carbocycles. The standard InChI is InChI=1S/C21H31BrN2O2/c1-16-12-19-17(13-18(16)22)20(25)21(15-26-19,24-10-6-3-7-11-24)14-23-8-4-2-5-9-23/h12-13,20,25H,2-11,14-15H2,1H3. The zero-order valence-electron chi connectivity index (χ0n) is 15.8. The van der Waals surface area contributed by atoms with Crippen LogP contribution < -0.4 is 4.74 Å². The Bertz CT molecular complexity index is 641. The van der Waals surface area contributed by atoms with Crippen LogP contribution in [-0.4, -0.2) is 59.8 Å². The molecule has 0 amide bonds. The van der Waals surface area contributed by atoms with Crippen molar-refractivity contribution in [1.82, 2.24) is 9.80 Å². The SMILES string of the molecule is Cc1cc2c(cc1Br)C(O)C(CN1CCCCC1)(N1CCCCC1)CO2. The number of aryl methyl sites for hydroxylation is 1. The first-order chi connectivity index (χ1) is 12.6. The number of hydrogen-bond donors (Lipinski definition) is 1. The maximum absolute atomic E-state index is 11.6. The number of piperidine rings is 2. The van der Waals surface area contributed by atoms with Gasteiger partial charge in [-0.25, -0.2) is 0 Å². The molecule has 1 aromatic rings. The van der Waals surface area contributed by atoms with Gasteiger partial charge < -0.3 is 14.7 Å². The number of rotatable bonds is 3. The monoisotopic (exact) mass is 422 g/mol. The first-order valence-corrected chi connectivity index (χ1v) is 11.0. The molecule has 0 bridgehead atoms. The number of halogens is 1. The molecule has 2 atom stereocenters. The van der Waals surface area contributed by atoms with Gasteiger partial charge in [-0.15, -0.1) is 0 Å². The summed E-state index contributed by atoms with van der Waals surface area (Å²) >= 11 is 3.64. The van der Waals surface area contributed by atoms with Gasteiger partial charge in [0, 0.05) is 16.6 Å². The van der Waals surface area contributed by atoms with E-state index in [4.69, 9.17) is 4.74 Å². The van der Waals surface area contributed by atoms with E-state index in [9.17, 15) is 5.11 Å². The molecule has 26 heavy (non-hydrogen) atoms. The maximum Gasteiger partial charge on any atom is 0.125 e. The van der Waals surface area contributed by atoms with Gasteiger partial charge in [0.15, 0.2) is 0 Å². The third-order valence-corrected chi connectivity index (χ3v) is 7.36. The number of benzene rings is 1. The van der Waals surface area contributed by atoms with Gasteiger partial charge in [0.25, 0.3) is 0 Å². The minimum Gasteiger partial charge on any atom is -0.491 e. The van der Waals surface area contributed by atoms with Crippen molar-refractivity contribution < 1.29 is 9.84 Å². The van der Waals surface area contributed by atoms with E-state index in [1.807, 2.05) is 0 Å². The first-order valence-electron chi connectivity index (χ1n) is 10.2. The van der Waals surface area contributed by atoms with Crippen molar-refractivity contribution in [1.29, 1.82) is 0 Å². The zero-order chi connectivity index (χ0) is 18.1. The van der Waals surface area contributed by atoms with Gasteiger partial charge in [-0.1, -0.05) is 28.8 Å². The molecule has 2 fully saturated rings. The van der Waals surface area contributed by atoms with Gasteiger partial charge in [0.05, 0.1) is 5.54 Å². The molecule has 0 aromatic heterocycles. The number of ether oxygens (including phenoxy) is 1. The Morgan fingerprint density at radius 1 is 1.08 bits per heavy atom. The van der Waals surface area contributed by atoms with E-state index in [2.05, 4.69) is 44.8 Å². The predicted molar refractivity (Wildman–Crippen MR) is 108 cm³/mol. The van der Waals surface area contributed by atoms with E-state index >= 15 is 0 Å². The fourth-order valence-corrected chi connectivity index (χ4v) is 5.28. The van der Waals surface area contributed by atoms with Crippen LogP contribution in [0.2, 0.25) is 0 Å². The van der Waals surface area contributed by atoms with Crippen LogP contribution in [0.1, 0.15) is 55.8 Å². The number of aliphatic hydroxyl groups excluding tert-OH is 1. The van der Waals surface area contributed by atoms with Crippen molar-refractivity contribution in [3.05, 3.63) is 27.7 Å². The van der Waals surface area contributed by atoms with Gasteiger partial charge >= 0.3 is 0 Å². The lowest BCUT2D eigenvalue weighted by Crippen LogP contribution is -2.65. The van der Waals surface area contributed by atoms with Crippen molar-refractivity contribution >= 4 is 15.9 Å². The molecule has 4 rings (SSSR count). The second kappa shape index (κ2) is 7.78. The lowest BCUT2D eigenvalue weighted by molar-refractivity contribution is -0.0987. The van der Waals surface area contributed by atoms with Crippen molar-refractivity contribution in [2.75, 3.05) is 39.3 Å². The minimum absolute atomic E-state index is 0.334. The van der Waals surface area contributed by atoms with Crippen molar-refractivity contribution in [2.24, 2.45) is 0 Å². The lowest BCUT2D eigenvalue weighted by Gasteiger charge is -2.52. The van der Waals surface area contributed by atoms with E-state index in [0.717, 1.165) is 54.1 Å². The van der Waals surface area contributed by atoms with Gasteiger partial charge in [-0.3, -0.25) is 4.90 Å². The molecule has 0 radical (unpaired) electrons. The molecule has 144 valence electrons. The summed E-state index contributed by atoms with van der Waals surface area (Å²) in [5.41, 5.74) is 1.76. The van der Waals surface area contributed by atoms with Crippen LogP contribution in [-0.2, 0) is 0 Å². The van der Waals surface area contributed by atoms with Crippen LogP contribution in [0.3, 0.4) is 0 Å². The summed E-state index contributed by atoms with van der Waals surface area (Å²) in [7, 11) is 0. The molecule has 2 unspecified atom stereocenters. The summed E-state index contributed by atoms with van der Waals surface area (Å²) in [6, 6.07) is 4.13. The number of hydrogen-bond acceptors (Lipinski definition) is 4. The van der Waals surface area contributed by atoms with E-state index in [1.54, 1.807) is 0 Å². The average Bonchev–Trinajstić information content (AvgIpc) is 2.67. The average molecular weight is 423 g/mol. The highest BCUT2D eigenvalue weighted by molar-refractivity contribution is 9.10. The third-order valence-electron chi connectivity index (χ3n) is 6.50. The Morgan fingerprint density at radius 2 is 1.73 bits per heavy atom. The summed E-state index contributed by atoms with van der Waals surface area (Å²) in [5, 5.41) is 11.6. The Balaban J connectivity index is 1.68. The smallest absolute Gasteiger partial charge is 0.125 e. The van der Waals surface area contributed by atoms with Crippen molar-refractivity contribution in [2.45, 2.75) is 57.1 Å². The number of nitrogens with zero attached hydrogens (tertiary/aromatic N) is 2. The topological polar surface area (TPSA) is 35.9 Å². The summed E-state index contributed by atoms with van der Waals surface area (Å²) in [4.78, 5) is 5.09. The molecule has 0 spiro atoms. The van der Waals surface area contributed by atoms with E-state index in [1.165, 1.54) is 38.5 Å². The molecule has 5 heteroatoms. The maximum atomic E-state index is 11.6. The Morgan fingerprint density at radius 3 is 2.42 bits per heavy atom. The van der Waals surface area contributed by atoms with Crippen molar-refractivity contribution in [3.63, 3.8) is 0 Å². The summed E-state index contributed by atoms with van der Waals surface area (Å²) < 4.78 is 7.34. The second-order valence-corrected chi connectivity index (χ2v) is 9.17. The van der Waals surface area contributed by atoms with Crippen LogP contribution in [0.15, 0.2) is 16.6 Å². The largest absolute Gasteiger partial charge is 0.491 e. The van der Waals surface area contributed by atoms with Crippen LogP contribution >= 0.6 is 15.9 Å². The zero-order valence-corrected chi connectivity index (χ0v) is 17.4. The molecule has 0 aliphatic carbocycles. The van der Waals surface area contributed by atoms with Gasteiger partial charge in [-0.05, 0) is 76.5 Å². The van der Waals surface area contributed by atoms with Crippen LogP contribution in [0.5, 0.6) is 5.75 Å². The molecule has 3 aliphatic heterocycles. The van der Waals surface area contributed by atoms with E-state index in [0.29, 0.717) is 6.61 Å². The second-order valence-electron chi connectivity index (χ2n) is 8.32. The molecule has 4 nitrogen and oxygen atoms in total. The molecule has 0 saturated carbocycles. The molecule has 3 heterocycles. The van der Waals surface area contributed by atoms with Crippen LogP contribution in [0.4, 0.5) is 0 Å². The van der Waals surface area contributed by atoms with E-state index in [-0.39, 0.29) is 5.54 Å². The van der Waals surface area contributed by atoms with Gasteiger partial charge in [0.2, 0.25) is 0 Å². The number of fused-ring (bicyclic) bond motifs is 1. The van der Waals surface area contributed by atoms with Gasteiger partial charge in [-0.2, -0.15) is 0 Å². The molecule has 2 saturated heterocycles. The lowest BCUT2D eigenvalue weighted by atomic mass is 9.81. The summed E-state index contributed by atoms with van der Waals surface area (Å²) in [5.74, 6) is 0.851. The van der Waals surface area contributed by atoms with E-state index < -0.39 is 6.10 Å². The highest BCUT2D eigenvalue weighted by atomic mass is 79.9. The highest BCUT2D eigenvalue weighted by Crippen LogP contribution is 2.44. The Kier molecular flexibility index (Phi) is 5.61. The predicted octanol–water partition coefficient (Wildman–Crippen LogP) is 3.89. The fraction of sp³-hybridized carbons (Fsp3) is 0.714.